The van der Waals surface area contributed by atoms with Crippen molar-refractivity contribution in [2.24, 2.45) is 11.1 Å². The number of oxime groups is 1. The number of sulfonamides is 1. The van der Waals surface area contributed by atoms with E-state index in [9.17, 15) is 27.6 Å². The normalized spacial score (nSPS) is 28.6. The molecule has 2 aromatic carbocycles. The van der Waals surface area contributed by atoms with Crippen LogP contribution in [-0.2, 0) is 34.0 Å². The van der Waals surface area contributed by atoms with Crippen molar-refractivity contribution in [1.82, 2.24) is 20.3 Å². The molecule has 0 aromatic heterocycles. The molecule has 1 saturated heterocycles. The van der Waals surface area contributed by atoms with Gasteiger partial charge in [0, 0.05) is 12.3 Å². The number of nitrogens with zero attached hydrogens (tertiary/aromatic N) is 2. The molecule has 14 heteroatoms. The molecule has 0 spiro atoms. The van der Waals surface area contributed by atoms with Crippen LogP contribution in [0, 0.1) is 5.92 Å². The Bertz CT molecular complexity index is 1880. The van der Waals surface area contributed by atoms with Gasteiger partial charge in [0.05, 0.1) is 18.0 Å². The highest BCUT2D eigenvalue weighted by Crippen LogP contribution is 2.46. The average Bonchev–Trinajstić information content (AvgIpc) is 4.04. The van der Waals surface area contributed by atoms with Crippen molar-refractivity contribution in [1.29, 1.82) is 0 Å². The van der Waals surface area contributed by atoms with Crippen molar-refractivity contribution in [2.75, 3.05) is 6.54 Å². The maximum atomic E-state index is 14.4. The summed E-state index contributed by atoms with van der Waals surface area (Å²) in [6.07, 6.45) is 12.0. The van der Waals surface area contributed by atoms with E-state index in [1.807, 2.05) is 66.7 Å². The Kier molecular flexibility index (Phi) is 11.4. The molecule has 2 aromatic rings. The highest BCUT2D eigenvalue weighted by molar-refractivity contribution is 7.91. The lowest BCUT2D eigenvalue weighted by Gasteiger charge is -2.30. The minimum Gasteiger partial charge on any atom is -0.446 e. The van der Waals surface area contributed by atoms with Crippen LogP contribution in [0.2, 0.25) is 0 Å². The number of carbonyl (C=O) groups excluding carboxylic acids is 4. The van der Waals surface area contributed by atoms with E-state index in [-0.39, 0.29) is 25.5 Å². The average molecular weight is 760 g/mol. The lowest BCUT2D eigenvalue weighted by molar-refractivity contribution is -0.141. The van der Waals surface area contributed by atoms with Crippen molar-refractivity contribution in [3.05, 3.63) is 72.3 Å². The number of nitrogens with one attached hydrogen (secondary N) is 3. The smallest absolute Gasteiger partial charge is 0.408 e. The van der Waals surface area contributed by atoms with Gasteiger partial charge in [-0.2, -0.15) is 0 Å². The lowest BCUT2D eigenvalue weighted by Crippen LogP contribution is -2.58. The Hall–Kier alpha value is -4.72. The van der Waals surface area contributed by atoms with Crippen molar-refractivity contribution in [3.63, 3.8) is 0 Å². The molecule has 2 aliphatic heterocycles. The molecule has 2 heterocycles. The molecule has 0 radical (unpaired) electrons. The van der Waals surface area contributed by atoms with Gasteiger partial charge in [0.2, 0.25) is 21.8 Å². The molecule has 13 nitrogen and oxygen atoms in total. The van der Waals surface area contributed by atoms with Gasteiger partial charge in [-0.3, -0.25) is 19.1 Å². The molecule has 5 atom stereocenters. The monoisotopic (exact) mass is 759 g/mol. The molecule has 288 valence electrons. The van der Waals surface area contributed by atoms with E-state index in [1.54, 1.807) is 6.21 Å². The summed E-state index contributed by atoms with van der Waals surface area (Å²) in [7, 11) is -3.87. The van der Waals surface area contributed by atoms with Crippen molar-refractivity contribution >= 4 is 40.1 Å². The summed E-state index contributed by atoms with van der Waals surface area (Å²) < 4.78 is 33.5. The molecule has 5 aliphatic rings. The number of allylic oxidation sites excluding steroid dienone is 1. The van der Waals surface area contributed by atoms with Gasteiger partial charge in [0.1, 0.15) is 29.8 Å². The van der Waals surface area contributed by atoms with E-state index >= 15 is 0 Å². The first-order valence-corrected chi connectivity index (χ1v) is 20.8. The fourth-order valence-corrected chi connectivity index (χ4v) is 9.14. The van der Waals surface area contributed by atoms with Gasteiger partial charge in [-0.25, -0.2) is 13.2 Å². The third kappa shape index (κ3) is 8.97. The first kappa shape index (κ1) is 37.6. The summed E-state index contributed by atoms with van der Waals surface area (Å²) in [4.78, 5) is 62.6. The van der Waals surface area contributed by atoms with Gasteiger partial charge < -0.3 is 25.1 Å². The minimum absolute atomic E-state index is 0.00670. The predicted molar refractivity (Wildman–Crippen MR) is 201 cm³/mol. The summed E-state index contributed by atoms with van der Waals surface area (Å²) in [6, 6.07) is 15.7. The van der Waals surface area contributed by atoms with Crippen LogP contribution >= 0.6 is 0 Å². The third-order valence-electron chi connectivity index (χ3n) is 11.1. The van der Waals surface area contributed by atoms with Crippen LogP contribution in [0.25, 0.3) is 11.1 Å². The standard InChI is InChI=1S/C40H49N5O8S/c46-36-35-23-32(53-41-25-27-12-11-15-29(22-27)28-13-5-4-6-14-28)26-45(35)37(47)34(42-39(49)52-31-17-9-10-18-31)19-8-3-1-2-7-16-30-24-40(30,43-36)38(48)44-54(50,51)33-20-21-33/h4-7,11-16,22,25,30-35H,1-3,8-10,17-21,23-24,26H2,(H,42,49)(H,43,46)(H,44,48)/b16-7-,41-25+/t30?,32-,34+,35+,40-/m1/s1. The molecule has 1 unspecified atom stereocenters. The van der Waals surface area contributed by atoms with Crippen LogP contribution in [0.3, 0.4) is 0 Å². The van der Waals surface area contributed by atoms with Gasteiger partial charge in [-0.1, -0.05) is 78.7 Å². The fraction of sp³-hybridized carbons (Fsp3) is 0.525. The third-order valence-corrected chi connectivity index (χ3v) is 12.9. The van der Waals surface area contributed by atoms with E-state index in [2.05, 4.69) is 20.5 Å². The Labute approximate surface area is 316 Å². The molecule has 3 N–H and O–H groups in total. The highest BCUT2D eigenvalue weighted by Gasteiger charge is 2.62. The van der Waals surface area contributed by atoms with E-state index in [0.717, 1.165) is 55.2 Å². The van der Waals surface area contributed by atoms with Crippen molar-refractivity contribution in [3.8, 4) is 11.1 Å². The van der Waals surface area contributed by atoms with Gasteiger partial charge in [-0.05, 0) is 87.0 Å². The Morgan fingerprint density at radius 1 is 0.907 bits per heavy atom. The summed E-state index contributed by atoms with van der Waals surface area (Å²) in [5, 5.41) is 9.30. The molecule has 3 saturated carbocycles. The van der Waals surface area contributed by atoms with Crippen LogP contribution in [0.5, 0.6) is 0 Å². The maximum Gasteiger partial charge on any atom is 0.408 e. The number of hydrogen-bond acceptors (Lipinski definition) is 9. The van der Waals surface area contributed by atoms with E-state index in [0.29, 0.717) is 32.1 Å². The van der Waals surface area contributed by atoms with Crippen LogP contribution in [0.4, 0.5) is 4.79 Å². The number of ether oxygens (including phenoxy) is 1. The molecule has 7 rings (SSSR count). The number of alkyl carbamates (subject to hydrolysis) is 1. The van der Waals surface area contributed by atoms with Crippen LogP contribution in [0.15, 0.2) is 71.9 Å². The first-order chi connectivity index (χ1) is 26.1. The number of hydrogen-bond donors (Lipinski definition) is 3. The van der Waals surface area contributed by atoms with Gasteiger partial charge in [0.25, 0.3) is 5.91 Å². The van der Waals surface area contributed by atoms with Crippen LogP contribution < -0.4 is 15.4 Å². The minimum atomic E-state index is -3.87. The zero-order valence-corrected chi connectivity index (χ0v) is 31.2. The molecular formula is C40H49N5O8S. The summed E-state index contributed by atoms with van der Waals surface area (Å²) in [5.41, 5.74) is 1.38. The quantitative estimate of drug-likeness (QED) is 0.187. The number of amides is 4. The van der Waals surface area contributed by atoms with Crippen LogP contribution in [0.1, 0.15) is 89.0 Å². The fourth-order valence-electron chi connectivity index (χ4n) is 7.78. The second-order valence-corrected chi connectivity index (χ2v) is 17.2. The number of benzene rings is 2. The lowest BCUT2D eigenvalue weighted by atomic mass is 10.0. The molecule has 54 heavy (non-hydrogen) atoms. The van der Waals surface area contributed by atoms with Crippen LogP contribution in [-0.4, -0.2) is 85.0 Å². The van der Waals surface area contributed by atoms with E-state index in [1.165, 1.54) is 4.90 Å². The predicted octanol–water partition coefficient (Wildman–Crippen LogP) is 4.71. The largest absolute Gasteiger partial charge is 0.446 e. The van der Waals surface area contributed by atoms with E-state index in [4.69, 9.17) is 9.57 Å². The van der Waals surface area contributed by atoms with Gasteiger partial charge in [0.15, 0.2) is 0 Å². The second-order valence-electron chi connectivity index (χ2n) is 15.2. The summed E-state index contributed by atoms with van der Waals surface area (Å²) in [6.45, 7) is 0.00670. The number of fused-ring (bicyclic) bond motifs is 2. The van der Waals surface area contributed by atoms with Crippen molar-refractivity contribution in [2.45, 2.75) is 119 Å². The van der Waals surface area contributed by atoms with E-state index < -0.39 is 68.7 Å². The van der Waals surface area contributed by atoms with Crippen molar-refractivity contribution < 1.29 is 37.2 Å². The zero-order valence-electron chi connectivity index (χ0n) is 30.4. The number of rotatable bonds is 9. The highest BCUT2D eigenvalue weighted by atomic mass is 32.2. The Morgan fingerprint density at radius 2 is 1.67 bits per heavy atom. The number of carbonyl (C=O) groups is 4. The van der Waals surface area contributed by atoms with Gasteiger partial charge in [-0.15, -0.1) is 0 Å². The molecule has 4 fully saturated rings. The molecule has 4 amide bonds. The topological polar surface area (TPSA) is 173 Å². The molecule has 3 aliphatic carbocycles. The summed E-state index contributed by atoms with van der Waals surface area (Å²) >= 11 is 0. The summed E-state index contributed by atoms with van der Waals surface area (Å²) in [5.74, 6) is -2.25. The zero-order chi connectivity index (χ0) is 37.7. The maximum absolute atomic E-state index is 14.4. The van der Waals surface area contributed by atoms with Gasteiger partial charge >= 0.3 is 6.09 Å². The Morgan fingerprint density at radius 3 is 2.44 bits per heavy atom. The SMILES string of the molecule is O=C(N[C@H]1CCCCC/C=C\C2C[C@@]2(C(=O)NS(=O)(=O)C2CC2)NC(=O)[C@@H]2C[C@@H](O/N=C/c3cccc(-c4ccccc4)c3)CN2C1=O)OC1CCCC1. The first-order valence-electron chi connectivity index (χ1n) is 19.3. The second kappa shape index (κ2) is 16.3. The molecule has 0 bridgehead atoms. The molecular weight excluding hydrogens is 711 g/mol. The Balaban J connectivity index is 1.11.